The van der Waals surface area contributed by atoms with Crippen molar-refractivity contribution in [3.8, 4) is 0 Å². The molecule has 1 aliphatic rings. The second-order valence-electron chi connectivity index (χ2n) is 7.61. The molecule has 0 spiro atoms. The maximum atomic E-state index is 4.85. The van der Waals surface area contributed by atoms with E-state index in [0.29, 0.717) is 0 Å². The lowest BCUT2D eigenvalue weighted by atomic mass is 9.99. The zero-order valence-electron chi connectivity index (χ0n) is 16.9. The summed E-state index contributed by atoms with van der Waals surface area (Å²) in [5.41, 5.74) is 1.41. The Morgan fingerprint density at radius 1 is 1.23 bits per heavy atom. The third-order valence-corrected chi connectivity index (χ3v) is 4.87. The molecule has 0 radical (unpaired) electrons. The quantitative estimate of drug-likeness (QED) is 0.262. The Kier molecular flexibility index (Phi) is 10.5. The van der Waals surface area contributed by atoms with Crippen molar-refractivity contribution in [3.05, 3.63) is 18.0 Å². The predicted molar refractivity (Wildman–Crippen MR) is 120 cm³/mol. The van der Waals surface area contributed by atoms with Crippen LogP contribution in [0.1, 0.15) is 52.0 Å². The van der Waals surface area contributed by atoms with Crippen LogP contribution in [0.3, 0.4) is 0 Å². The van der Waals surface area contributed by atoms with Crippen LogP contribution in [0, 0.1) is 0 Å². The first-order valence-electron chi connectivity index (χ1n) is 9.76. The van der Waals surface area contributed by atoms with Crippen molar-refractivity contribution >= 4 is 29.9 Å². The van der Waals surface area contributed by atoms with E-state index in [1.54, 1.807) is 0 Å². The molecule has 2 N–H and O–H groups in total. The standard InChI is InChI=1S/C19H36N6.HI/c1-5-20-18(21-11-9-10-17-14-23-24(4)15-17)22-16-19(2,3)25-12-7-6-8-13-25;/h14-15H,5-13,16H2,1-4H3,(H2,20,21,22);1H. The molecule has 7 heteroatoms. The van der Waals surface area contributed by atoms with E-state index in [4.69, 9.17) is 4.99 Å². The number of hydrogen-bond donors (Lipinski definition) is 2. The molecule has 1 aliphatic heterocycles. The fraction of sp³-hybridized carbons (Fsp3) is 0.789. The smallest absolute Gasteiger partial charge is 0.191 e. The van der Waals surface area contributed by atoms with Crippen LogP contribution in [0.2, 0.25) is 0 Å². The first kappa shape index (κ1) is 23.2. The van der Waals surface area contributed by atoms with E-state index < -0.39 is 0 Å². The van der Waals surface area contributed by atoms with E-state index in [9.17, 15) is 0 Å². The Morgan fingerprint density at radius 3 is 2.58 bits per heavy atom. The van der Waals surface area contributed by atoms with Crippen LogP contribution in [0.5, 0.6) is 0 Å². The molecule has 0 saturated carbocycles. The van der Waals surface area contributed by atoms with Gasteiger partial charge in [0.15, 0.2) is 5.96 Å². The summed E-state index contributed by atoms with van der Waals surface area (Å²) in [6.07, 6.45) is 10.2. The van der Waals surface area contributed by atoms with Gasteiger partial charge in [0.05, 0.1) is 12.7 Å². The highest BCUT2D eigenvalue weighted by Gasteiger charge is 2.27. The Balaban J connectivity index is 0.00000338. The topological polar surface area (TPSA) is 57.5 Å². The molecule has 1 saturated heterocycles. The largest absolute Gasteiger partial charge is 0.357 e. The summed E-state index contributed by atoms with van der Waals surface area (Å²) in [4.78, 5) is 7.43. The molecule has 0 aromatic carbocycles. The molecule has 2 rings (SSSR count). The Morgan fingerprint density at radius 2 is 1.96 bits per heavy atom. The number of aliphatic imine (C=N–C) groups is 1. The van der Waals surface area contributed by atoms with Gasteiger partial charge in [0.2, 0.25) is 0 Å². The summed E-state index contributed by atoms with van der Waals surface area (Å²) in [7, 11) is 1.96. The van der Waals surface area contributed by atoms with Crippen molar-refractivity contribution < 1.29 is 0 Å². The number of guanidine groups is 1. The molecule has 1 fully saturated rings. The van der Waals surface area contributed by atoms with Crippen molar-refractivity contribution in [3.63, 3.8) is 0 Å². The first-order chi connectivity index (χ1) is 12.0. The minimum Gasteiger partial charge on any atom is -0.357 e. The molecular formula is C19H37IN6. The van der Waals surface area contributed by atoms with Gasteiger partial charge in [-0.1, -0.05) is 6.42 Å². The average Bonchev–Trinajstić information content (AvgIpc) is 3.02. The van der Waals surface area contributed by atoms with Gasteiger partial charge in [-0.15, -0.1) is 24.0 Å². The van der Waals surface area contributed by atoms with E-state index in [1.165, 1.54) is 37.9 Å². The number of aryl methyl sites for hydroxylation is 2. The highest BCUT2D eigenvalue weighted by molar-refractivity contribution is 14.0. The lowest BCUT2D eigenvalue weighted by Gasteiger charge is -2.40. The van der Waals surface area contributed by atoms with Crippen molar-refractivity contribution in [2.24, 2.45) is 12.0 Å². The average molecular weight is 476 g/mol. The number of aromatic nitrogens is 2. The van der Waals surface area contributed by atoms with Gasteiger partial charge in [0, 0.05) is 31.9 Å². The number of hydrogen-bond acceptors (Lipinski definition) is 3. The van der Waals surface area contributed by atoms with Crippen molar-refractivity contribution in [2.75, 3.05) is 32.7 Å². The number of nitrogens with one attached hydrogen (secondary N) is 2. The van der Waals surface area contributed by atoms with Crippen LogP contribution >= 0.6 is 24.0 Å². The van der Waals surface area contributed by atoms with Crippen LogP contribution in [0.15, 0.2) is 17.4 Å². The van der Waals surface area contributed by atoms with Crippen molar-refractivity contribution in [2.45, 2.75) is 58.4 Å². The summed E-state index contributed by atoms with van der Waals surface area (Å²) in [5.74, 6) is 0.929. The summed E-state index contributed by atoms with van der Waals surface area (Å²) in [6, 6.07) is 0. The first-order valence-corrected chi connectivity index (χ1v) is 9.76. The van der Waals surface area contributed by atoms with Gasteiger partial charge in [-0.3, -0.25) is 14.6 Å². The van der Waals surface area contributed by atoms with E-state index in [2.05, 4.69) is 47.6 Å². The summed E-state index contributed by atoms with van der Waals surface area (Å²) in [5, 5.41) is 11.0. The molecule has 1 aromatic heterocycles. The summed E-state index contributed by atoms with van der Waals surface area (Å²) in [6.45, 7) is 11.8. The molecule has 0 aliphatic carbocycles. The van der Waals surface area contributed by atoms with Gasteiger partial charge < -0.3 is 10.6 Å². The minimum atomic E-state index is 0. The van der Waals surface area contributed by atoms with Gasteiger partial charge in [-0.2, -0.15) is 5.10 Å². The number of rotatable bonds is 8. The number of piperidine rings is 1. The lowest BCUT2D eigenvalue weighted by molar-refractivity contribution is 0.102. The van der Waals surface area contributed by atoms with Crippen LogP contribution in [0.25, 0.3) is 0 Å². The van der Waals surface area contributed by atoms with Gasteiger partial charge in [0.1, 0.15) is 0 Å². The SMILES string of the molecule is CCNC(=NCC(C)(C)N1CCCCC1)NCCCc1cnn(C)c1.I. The third kappa shape index (κ3) is 7.82. The van der Waals surface area contributed by atoms with E-state index >= 15 is 0 Å². The Hall–Kier alpha value is -0.830. The third-order valence-electron chi connectivity index (χ3n) is 4.87. The molecule has 0 bridgehead atoms. The lowest BCUT2D eigenvalue weighted by Crippen LogP contribution is -2.49. The molecule has 6 nitrogen and oxygen atoms in total. The predicted octanol–water partition coefficient (Wildman–Crippen LogP) is 2.79. The van der Waals surface area contributed by atoms with Gasteiger partial charge in [-0.05, 0) is 65.1 Å². The Labute approximate surface area is 176 Å². The van der Waals surface area contributed by atoms with Gasteiger partial charge in [0.25, 0.3) is 0 Å². The second-order valence-corrected chi connectivity index (χ2v) is 7.61. The van der Waals surface area contributed by atoms with E-state index in [0.717, 1.165) is 38.4 Å². The van der Waals surface area contributed by atoms with Crippen LogP contribution in [-0.4, -0.2) is 58.9 Å². The molecule has 0 amide bonds. The second kappa shape index (κ2) is 11.8. The number of nitrogens with zero attached hydrogens (tertiary/aromatic N) is 4. The highest BCUT2D eigenvalue weighted by Crippen LogP contribution is 2.20. The van der Waals surface area contributed by atoms with E-state index in [1.807, 2.05) is 17.9 Å². The number of halogens is 1. The fourth-order valence-electron chi connectivity index (χ4n) is 3.31. The molecule has 26 heavy (non-hydrogen) atoms. The van der Waals surface area contributed by atoms with Crippen LogP contribution in [-0.2, 0) is 13.5 Å². The monoisotopic (exact) mass is 476 g/mol. The summed E-state index contributed by atoms with van der Waals surface area (Å²) < 4.78 is 1.86. The molecule has 2 heterocycles. The maximum absolute atomic E-state index is 4.85. The normalized spacial score (nSPS) is 16.2. The molecule has 1 aromatic rings. The molecule has 0 unspecified atom stereocenters. The zero-order chi connectivity index (χ0) is 18.1. The Bertz CT molecular complexity index is 534. The zero-order valence-corrected chi connectivity index (χ0v) is 19.3. The molecule has 0 atom stereocenters. The maximum Gasteiger partial charge on any atom is 0.191 e. The van der Waals surface area contributed by atoms with Crippen LogP contribution < -0.4 is 10.6 Å². The van der Waals surface area contributed by atoms with Crippen molar-refractivity contribution in [1.82, 2.24) is 25.3 Å². The van der Waals surface area contributed by atoms with Crippen molar-refractivity contribution in [1.29, 1.82) is 0 Å². The summed E-state index contributed by atoms with van der Waals surface area (Å²) >= 11 is 0. The number of likely N-dealkylation sites (tertiary alicyclic amines) is 1. The minimum absolute atomic E-state index is 0. The molecular weight excluding hydrogens is 439 g/mol. The highest BCUT2D eigenvalue weighted by atomic mass is 127. The van der Waals surface area contributed by atoms with Crippen LogP contribution in [0.4, 0.5) is 0 Å². The van der Waals surface area contributed by atoms with Gasteiger partial charge in [-0.25, -0.2) is 0 Å². The molecule has 150 valence electrons. The fourth-order valence-corrected chi connectivity index (χ4v) is 3.31. The van der Waals surface area contributed by atoms with E-state index in [-0.39, 0.29) is 29.5 Å². The van der Waals surface area contributed by atoms with Gasteiger partial charge >= 0.3 is 0 Å².